The van der Waals surface area contributed by atoms with Crippen molar-refractivity contribution in [3.63, 3.8) is 0 Å². The summed E-state index contributed by atoms with van der Waals surface area (Å²) in [5, 5.41) is 0. The van der Waals surface area contributed by atoms with Crippen LogP contribution in [0.1, 0.15) is 12.5 Å². The number of pyridine rings is 1. The molecule has 0 spiro atoms. The van der Waals surface area contributed by atoms with Crippen LogP contribution in [0.3, 0.4) is 0 Å². The monoisotopic (exact) mass is 483 g/mol. The maximum absolute atomic E-state index is 13.4. The van der Waals surface area contributed by atoms with E-state index in [0.717, 1.165) is 16.9 Å². The lowest BCUT2D eigenvalue weighted by molar-refractivity contribution is -0.136. The number of fused-ring (bicyclic) bond motifs is 1. The van der Waals surface area contributed by atoms with E-state index in [-0.39, 0.29) is 22.1 Å². The molecule has 2 atom stereocenters. The molecule has 8 nitrogen and oxygen atoms in total. The number of esters is 2. The van der Waals surface area contributed by atoms with Crippen LogP contribution in [-0.2, 0) is 19.1 Å². The molecule has 10 heteroatoms. The van der Waals surface area contributed by atoms with E-state index in [0.29, 0.717) is 14.8 Å². The SMILES string of the molecule is C=N/C=C(\C=C/C)C1C(C(=O)OC)=C(P)n2c(s/c(=C/c3cccnc3)c2=O)=C1C(=O)OC. The fourth-order valence-electron chi connectivity index (χ4n) is 3.52. The first kappa shape index (κ1) is 24.2. The highest BCUT2D eigenvalue weighted by atomic mass is 32.1. The molecule has 3 heterocycles. The second-order valence-electron chi connectivity index (χ2n) is 6.78. The second-order valence-corrected chi connectivity index (χ2v) is 8.36. The summed E-state index contributed by atoms with van der Waals surface area (Å²) < 4.78 is 12.1. The summed E-state index contributed by atoms with van der Waals surface area (Å²) in [6.07, 6.45) is 9.86. The van der Waals surface area contributed by atoms with Crippen molar-refractivity contribution in [2.75, 3.05) is 14.2 Å². The molecule has 0 radical (unpaired) electrons. The van der Waals surface area contributed by atoms with Crippen LogP contribution in [0.15, 0.2) is 63.8 Å². The minimum Gasteiger partial charge on any atom is -0.466 e. The molecule has 0 saturated heterocycles. The van der Waals surface area contributed by atoms with Crippen molar-refractivity contribution in [2.45, 2.75) is 6.92 Å². The molecule has 3 rings (SSSR count). The van der Waals surface area contributed by atoms with Crippen molar-refractivity contribution in [1.29, 1.82) is 0 Å². The number of rotatable bonds is 6. The van der Waals surface area contributed by atoms with Crippen molar-refractivity contribution in [3.8, 4) is 0 Å². The highest BCUT2D eigenvalue weighted by molar-refractivity contribution is 7.30. The Hall–Kier alpha value is -3.42. The summed E-state index contributed by atoms with van der Waals surface area (Å²) in [6, 6.07) is 3.56. The third-order valence-electron chi connectivity index (χ3n) is 4.87. The Labute approximate surface area is 196 Å². The number of allylic oxidation sites excluding steroid dienone is 3. The number of ether oxygens (including phenoxy) is 2. The molecule has 170 valence electrons. The van der Waals surface area contributed by atoms with Crippen LogP contribution in [0.2, 0.25) is 0 Å². The molecule has 0 aromatic carbocycles. The van der Waals surface area contributed by atoms with E-state index in [1.54, 1.807) is 43.6 Å². The minimum atomic E-state index is -0.886. The van der Waals surface area contributed by atoms with Crippen molar-refractivity contribution in [2.24, 2.45) is 10.9 Å². The van der Waals surface area contributed by atoms with Crippen molar-refractivity contribution in [1.82, 2.24) is 9.55 Å². The van der Waals surface area contributed by atoms with E-state index in [4.69, 9.17) is 9.47 Å². The lowest BCUT2D eigenvalue weighted by atomic mass is 9.83. The van der Waals surface area contributed by atoms with Crippen LogP contribution in [0.5, 0.6) is 0 Å². The number of carbonyl (C=O) groups excluding carboxylic acids is 2. The summed E-state index contributed by atoms with van der Waals surface area (Å²) in [7, 11) is 4.91. The van der Waals surface area contributed by atoms with Gasteiger partial charge in [0.05, 0.1) is 41.3 Å². The molecule has 0 amide bonds. The largest absolute Gasteiger partial charge is 0.466 e. The van der Waals surface area contributed by atoms with E-state index in [1.807, 2.05) is 6.07 Å². The van der Waals surface area contributed by atoms with Crippen LogP contribution in [-0.4, -0.2) is 42.4 Å². The zero-order valence-electron chi connectivity index (χ0n) is 18.3. The Kier molecular flexibility index (Phi) is 7.68. The summed E-state index contributed by atoms with van der Waals surface area (Å²) in [6.45, 7) is 5.29. The maximum atomic E-state index is 13.4. The van der Waals surface area contributed by atoms with Gasteiger partial charge < -0.3 is 9.47 Å². The number of methoxy groups -OCH3 is 2. The Morgan fingerprint density at radius 3 is 2.55 bits per heavy atom. The van der Waals surface area contributed by atoms with Crippen molar-refractivity contribution in [3.05, 3.63) is 79.1 Å². The predicted molar refractivity (Wildman–Crippen MR) is 132 cm³/mol. The molecule has 0 aliphatic carbocycles. The average molecular weight is 483 g/mol. The summed E-state index contributed by atoms with van der Waals surface area (Å²) in [5.74, 6) is -2.25. The van der Waals surface area contributed by atoms with Gasteiger partial charge in [0.25, 0.3) is 5.56 Å². The molecule has 2 aromatic heterocycles. The molecular weight excluding hydrogens is 461 g/mol. The molecule has 33 heavy (non-hydrogen) atoms. The molecule has 2 aromatic rings. The predicted octanol–water partition coefficient (Wildman–Crippen LogP) is 1.46. The number of hydrogen-bond acceptors (Lipinski definition) is 8. The number of thiazole rings is 1. The normalized spacial score (nSPS) is 16.7. The zero-order valence-corrected chi connectivity index (χ0v) is 20.2. The first-order chi connectivity index (χ1) is 15.9. The average Bonchev–Trinajstić information content (AvgIpc) is 3.14. The van der Waals surface area contributed by atoms with Gasteiger partial charge in [-0.05, 0) is 36.9 Å². The highest BCUT2D eigenvalue weighted by Gasteiger charge is 2.39. The van der Waals surface area contributed by atoms with Gasteiger partial charge in [-0.1, -0.05) is 27.5 Å². The Morgan fingerprint density at radius 1 is 1.27 bits per heavy atom. The zero-order chi connectivity index (χ0) is 24.1. The number of nitrogens with zero attached hydrogens (tertiary/aromatic N) is 3. The topological polar surface area (TPSA) is 99.9 Å². The van der Waals surface area contributed by atoms with Crippen LogP contribution in [0.4, 0.5) is 0 Å². The maximum Gasteiger partial charge on any atom is 0.337 e. The van der Waals surface area contributed by atoms with E-state index in [9.17, 15) is 14.4 Å². The number of carbonyl (C=O) groups is 2. The van der Waals surface area contributed by atoms with Crippen LogP contribution < -0.4 is 14.8 Å². The van der Waals surface area contributed by atoms with Crippen LogP contribution in [0, 0.1) is 5.92 Å². The first-order valence-electron chi connectivity index (χ1n) is 9.72. The van der Waals surface area contributed by atoms with Gasteiger partial charge in [0.15, 0.2) is 0 Å². The lowest BCUT2D eigenvalue weighted by Crippen LogP contribution is -2.39. The smallest absolute Gasteiger partial charge is 0.337 e. The van der Waals surface area contributed by atoms with Gasteiger partial charge in [-0.3, -0.25) is 19.3 Å². The molecule has 1 aliphatic heterocycles. The molecule has 0 saturated carbocycles. The van der Waals surface area contributed by atoms with Gasteiger partial charge in [0.2, 0.25) is 0 Å². The molecule has 2 unspecified atom stereocenters. The van der Waals surface area contributed by atoms with E-state index in [1.165, 1.54) is 25.0 Å². The minimum absolute atomic E-state index is 0.108. The van der Waals surface area contributed by atoms with Gasteiger partial charge >= 0.3 is 11.9 Å². The van der Waals surface area contributed by atoms with Gasteiger partial charge in [-0.2, -0.15) is 0 Å². The summed E-state index contributed by atoms with van der Waals surface area (Å²) in [4.78, 5) is 47.2. The van der Waals surface area contributed by atoms with Gasteiger partial charge in [0, 0.05) is 18.6 Å². The van der Waals surface area contributed by atoms with E-state index in [2.05, 4.69) is 25.9 Å². The third-order valence-corrected chi connectivity index (χ3v) is 6.55. The van der Waals surface area contributed by atoms with Crippen molar-refractivity contribution >= 4 is 56.3 Å². The molecule has 0 N–H and O–H groups in total. The number of aromatic nitrogens is 2. The second kappa shape index (κ2) is 10.5. The number of hydrogen-bond donors (Lipinski definition) is 0. The molecule has 0 fully saturated rings. The molecule has 1 aliphatic rings. The van der Waals surface area contributed by atoms with E-state index < -0.39 is 17.9 Å². The Morgan fingerprint density at radius 2 is 1.97 bits per heavy atom. The highest BCUT2D eigenvalue weighted by Crippen LogP contribution is 2.38. The Bertz CT molecular complexity index is 1380. The number of aliphatic imine (C=N–C) groups is 1. The quantitative estimate of drug-likeness (QED) is 0.267. The fourth-order valence-corrected chi connectivity index (χ4v) is 5.31. The van der Waals surface area contributed by atoms with Crippen LogP contribution in [0.25, 0.3) is 17.1 Å². The fraction of sp³-hybridized carbons (Fsp3) is 0.174. The summed E-state index contributed by atoms with van der Waals surface area (Å²) >= 11 is 1.12. The van der Waals surface area contributed by atoms with Crippen molar-refractivity contribution < 1.29 is 19.1 Å². The van der Waals surface area contributed by atoms with Crippen LogP contribution >= 0.6 is 20.6 Å². The van der Waals surface area contributed by atoms with E-state index >= 15 is 0 Å². The molecular formula is C23H22N3O5PS. The molecule has 0 bridgehead atoms. The van der Waals surface area contributed by atoms with Gasteiger partial charge in [0.1, 0.15) is 4.66 Å². The standard InChI is InChI=1S/C23H22N3O5PS/c1-5-7-14(12-24-2)16-17(22(28)30-3)20(32)26-19(27)15(10-13-8-6-9-25-11-13)33-21(26)18(16)23(29)31-4/h5-12,16H,2,32H2,1,3-4H3/b7-5-,14-12+,15-10+. The van der Waals surface area contributed by atoms with Gasteiger partial charge in [-0.15, -0.1) is 11.3 Å². The van der Waals surface area contributed by atoms with Gasteiger partial charge in [-0.25, -0.2) is 9.59 Å². The third kappa shape index (κ3) is 4.55. The first-order valence-corrected chi connectivity index (χ1v) is 11.1. The lowest BCUT2D eigenvalue weighted by Gasteiger charge is -2.27. The Balaban J connectivity index is 2.53. The summed E-state index contributed by atoms with van der Waals surface area (Å²) in [5.41, 5.74) is 1.36.